The van der Waals surface area contributed by atoms with Gasteiger partial charge in [0.05, 0.1) is 10.2 Å². The second kappa shape index (κ2) is 10.6. The summed E-state index contributed by atoms with van der Waals surface area (Å²) < 4.78 is 1.05. The van der Waals surface area contributed by atoms with Crippen molar-refractivity contribution in [2.45, 2.75) is 36.8 Å². The molecule has 7 heteroatoms. The molecule has 33 heavy (non-hydrogen) atoms. The Morgan fingerprint density at radius 3 is 2.61 bits per heavy atom. The number of amides is 2. The van der Waals surface area contributed by atoms with Crippen LogP contribution in [0.2, 0.25) is 0 Å². The molecule has 0 spiro atoms. The fourth-order valence-corrected chi connectivity index (χ4v) is 5.44. The summed E-state index contributed by atoms with van der Waals surface area (Å²) in [7, 11) is 0. The van der Waals surface area contributed by atoms with Gasteiger partial charge >= 0.3 is 0 Å². The number of fused-ring (bicyclic) bond motifs is 1. The molecule has 1 unspecified atom stereocenters. The first-order valence-electron chi connectivity index (χ1n) is 10.8. The Bertz CT molecular complexity index is 1270. The maximum atomic E-state index is 13.4. The van der Waals surface area contributed by atoms with Crippen molar-refractivity contribution in [3.8, 4) is 0 Å². The third-order valence-corrected chi connectivity index (χ3v) is 7.14. The molecule has 1 aromatic heterocycles. The summed E-state index contributed by atoms with van der Waals surface area (Å²) >= 11 is 2.92. The number of rotatable bonds is 8. The first-order valence-corrected chi connectivity index (χ1v) is 12.5. The van der Waals surface area contributed by atoms with Crippen LogP contribution in [0.5, 0.6) is 0 Å². The number of hydrogen-bond donors (Lipinski definition) is 2. The van der Waals surface area contributed by atoms with Crippen molar-refractivity contribution < 1.29 is 9.59 Å². The molecule has 2 N–H and O–H groups in total. The fraction of sp³-hybridized carbons (Fsp3) is 0.192. The van der Waals surface area contributed by atoms with Crippen LogP contribution in [0, 0.1) is 6.92 Å². The Hall–Kier alpha value is -3.16. The summed E-state index contributed by atoms with van der Waals surface area (Å²) in [6, 6.07) is 23.4. The van der Waals surface area contributed by atoms with Crippen molar-refractivity contribution >= 4 is 55.9 Å². The number of nitrogens with zero attached hydrogens (tertiary/aromatic N) is 1. The molecule has 0 fully saturated rings. The van der Waals surface area contributed by atoms with Crippen LogP contribution in [0.3, 0.4) is 0 Å². The lowest BCUT2D eigenvalue weighted by atomic mass is 10.1. The van der Waals surface area contributed by atoms with Gasteiger partial charge in [0.15, 0.2) is 5.13 Å². The van der Waals surface area contributed by atoms with E-state index in [0.29, 0.717) is 11.6 Å². The van der Waals surface area contributed by atoms with E-state index in [4.69, 9.17) is 0 Å². The first kappa shape index (κ1) is 23.0. The molecular weight excluding hydrogens is 450 g/mol. The number of thiazole rings is 1. The SMILES string of the molecule is CCCC(=O)Nc1cccc(SC(C(=O)Nc2nc3ccc(C)cc3s2)c2ccccc2)c1. The smallest absolute Gasteiger partial charge is 0.244 e. The predicted octanol–water partition coefficient (Wildman–Crippen LogP) is 6.82. The van der Waals surface area contributed by atoms with Gasteiger partial charge < -0.3 is 10.6 Å². The van der Waals surface area contributed by atoms with E-state index in [9.17, 15) is 9.59 Å². The summed E-state index contributed by atoms with van der Waals surface area (Å²) in [5, 5.41) is 6.05. The van der Waals surface area contributed by atoms with Crippen molar-refractivity contribution in [1.29, 1.82) is 0 Å². The molecule has 2 amide bonds. The van der Waals surface area contributed by atoms with E-state index in [0.717, 1.165) is 38.3 Å². The van der Waals surface area contributed by atoms with E-state index < -0.39 is 5.25 Å². The van der Waals surface area contributed by atoms with Crippen LogP contribution in [-0.4, -0.2) is 16.8 Å². The summed E-state index contributed by atoms with van der Waals surface area (Å²) in [6.45, 7) is 4.01. The number of carbonyl (C=O) groups is 2. The van der Waals surface area contributed by atoms with Crippen LogP contribution >= 0.6 is 23.1 Å². The van der Waals surface area contributed by atoms with E-state index in [2.05, 4.69) is 21.7 Å². The third kappa shape index (κ3) is 6.00. The Labute approximate surface area is 201 Å². The molecule has 0 aliphatic rings. The highest BCUT2D eigenvalue weighted by molar-refractivity contribution is 8.00. The molecule has 5 nitrogen and oxygen atoms in total. The molecular formula is C26H25N3O2S2. The molecule has 0 radical (unpaired) electrons. The average molecular weight is 476 g/mol. The van der Waals surface area contributed by atoms with Gasteiger partial charge in [0, 0.05) is 17.0 Å². The van der Waals surface area contributed by atoms with Gasteiger partial charge in [-0.05, 0) is 54.8 Å². The van der Waals surface area contributed by atoms with Crippen LogP contribution in [-0.2, 0) is 9.59 Å². The van der Waals surface area contributed by atoms with Gasteiger partial charge in [-0.15, -0.1) is 11.8 Å². The number of aryl methyl sites for hydroxylation is 1. The number of carbonyl (C=O) groups excluding carboxylic acids is 2. The minimum atomic E-state index is -0.471. The number of hydrogen-bond acceptors (Lipinski definition) is 5. The van der Waals surface area contributed by atoms with Gasteiger partial charge in [0.1, 0.15) is 5.25 Å². The second-order valence-corrected chi connectivity index (χ2v) is 9.92. The number of anilines is 2. The largest absolute Gasteiger partial charge is 0.326 e. The molecule has 0 aliphatic heterocycles. The number of thioether (sulfide) groups is 1. The lowest BCUT2D eigenvalue weighted by Crippen LogP contribution is -2.19. The minimum Gasteiger partial charge on any atom is -0.326 e. The van der Waals surface area contributed by atoms with Crippen molar-refractivity contribution in [2.75, 3.05) is 10.6 Å². The molecule has 4 aromatic rings. The van der Waals surface area contributed by atoms with Gasteiger partial charge in [0.2, 0.25) is 11.8 Å². The second-order valence-electron chi connectivity index (χ2n) is 7.71. The monoisotopic (exact) mass is 475 g/mol. The normalized spacial score (nSPS) is 11.8. The van der Waals surface area contributed by atoms with E-state index in [-0.39, 0.29) is 11.8 Å². The van der Waals surface area contributed by atoms with Crippen LogP contribution < -0.4 is 10.6 Å². The first-order chi connectivity index (χ1) is 16.0. The van der Waals surface area contributed by atoms with Crippen molar-refractivity contribution in [3.05, 3.63) is 83.9 Å². The lowest BCUT2D eigenvalue weighted by molar-refractivity contribution is -0.116. The van der Waals surface area contributed by atoms with Gasteiger partial charge in [-0.2, -0.15) is 0 Å². The molecule has 3 aromatic carbocycles. The molecule has 4 rings (SSSR count). The summed E-state index contributed by atoms with van der Waals surface area (Å²) in [4.78, 5) is 30.8. The van der Waals surface area contributed by atoms with Crippen LogP contribution in [0.4, 0.5) is 10.8 Å². The summed E-state index contributed by atoms with van der Waals surface area (Å²) in [6.07, 6.45) is 1.27. The zero-order valence-electron chi connectivity index (χ0n) is 18.5. The summed E-state index contributed by atoms with van der Waals surface area (Å²) in [5.74, 6) is -0.148. The van der Waals surface area contributed by atoms with E-state index in [1.807, 2.05) is 80.6 Å². The minimum absolute atomic E-state index is 0.0110. The fourth-order valence-electron chi connectivity index (χ4n) is 3.39. The quantitative estimate of drug-likeness (QED) is 0.274. The van der Waals surface area contributed by atoms with E-state index in [1.54, 1.807) is 0 Å². The Balaban J connectivity index is 1.56. The Morgan fingerprint density at radius 2 is 1.82 bits per heavy atom. The van der Waals surface area contributed by atoms with Crippen LogP contribution in [0.25, 0.3) is 10.2 Å². The molecule has 0 saturated carbocycles. The molecule has 0 aliphatic carbocycles. The van der Waals surface area contributed by atoms with Crippen LogP contribution in [0.15, 0.2) is 77.7 Å². The van der Waals surface area contributed by atoms with Gasteiger partial charge in [-0.25, -0.2) is 4.98 Å². The van der Waals surface area contributed by atoms with E-state index in [1.165, 1.54) is 23.1 Å². The maximum Gasteiger partial charge on any atom is 0.244 e. The summed E-state index contributed by atoms with van der Waals surface area (Å²) in [5.41, 5.74) is 3.66. The Morgan fingerprint density at radius 1 is 1.00 bits per heavy atom. The third-order valence-electron chi connectivity index (χ3n) is 4.96. The molecule has 168 valence electrons. The highest BCUT2D eigenvalue weighted by Gasteiger charge is 2.23. The molecule has 1 atom stereocenters. The maximum absolute atomic E-state index is 13.4. The average Bonchev–Trinajstić information content (AvgIpc) is 3.19. The van der Waals surface area contributed by atoms with Crippen molar-refractivity contribution in [2.24, 2.45) is 0 Å². The van der Waals surface area contributed by atoms with Crippen molar-refractivity contribution in [1.82, 2.24) is 4.98 Å². The Kier molecular flexibility index (Phi) is 7.42. The predicted molar refractivity (Wildman–Crippen MR) is 138 cm³/mol. The zero-order chi connectivity index (χ0) is 23.2. The topological polar surface area (TPSA) is 71.1 Å². The number of benzene rings is 3. The lowest BCUT2D eigenvalue weighted by Gasteiger charge is -2.17. The molecule has 0 saturated heterocycles. The standard InChI is InChI=1S/C26H25N3O2S2/c1-3-8-23(30)27-19-11-7-12-20(16-19)32-24(18-9-5-4-6-10-18)25(31)29-26-28-21-14-13-17(2)15-22(21)33-26/h4-7,9-16,24H,3,8H2,1-2H3,(H,27,30)(H,28,29,31). The highest BCUT2D eigenvalue weighted by Crippen LogP contribution is 2.38. The van der Waals surface area contributed by atoms with Crippen molar-refractivity contribution in [3.63, 3.8) is 0 Å². The molecule has 0 bridgehead atoms. The van der Waals surface area contributed by atoms with Gasteiger partial charge in [-0.3, -0.25) is 9.59 Å². The van der Waals surface area contributed by atoms with E-state index >= 15 is 0 Å². The van der Waals surface area contributed by atoms with Crippen LogP contribution in [0.1, 0.15) is 36.1 Å². The van der Waals surface area contributed by atoms with Gasteiger partial charge in [0.25, 0.3) is 0 Å². The number of nitrogens with one attached hydrogen (secondary N) is 2. The zero-order valence-corrected chi connectivity index (χ0v) is 20.1. The molecule has 1 heterocycles. The van der Waals surface area contributed by atoms with Gasteiger partial charge in [-0.1, -0.05) is 60.7 Å². The number of aromatic nitrogens is 1. The highest BCUT2D eigenvalue weighted by atomic mass is 32.2.